The van der Waals surface area contributed by atoms with E-state index in [1.165, 1.54) is 0 Å². The highest BCUT2D eigenvalue weighted by Gasteiger charge is 2.15. The van der Waals surface area contributed by atoms with Gasteiger partial charge in [0.2, 0.25) is 0 Å². The van der Waals surface area contributed by atoms with Gasteiger partial charge in [0.05, 0.1) is 6.42 Å². The van der Waals surface area contributed by atoms with E-state index < -0.39 is 5.97 Å². The standard InChI is InChI=1S/C15H17N3O3/c19-15(20)9-11-4-3-5-12(8-11)21-10-14-17-16-13-6-1-2-7-18(13)14/h3-5,8H,1-2,6-7,9-10H2,(H,19,20). The van der Waals surface area contributed by atoms with E-state index in [-0.39, 0.29) is 6.42 Å². The highest BCUT2D eigenvalue weighted by atomic mass is 16.5. The normalized spacial score (nSPS) is 13.7. The van der Waals surface area contributed by atoms with Crippen molar-refractivity contribution in [2.45, 2.75) is 38.8 Å². The third kappa shape index (κ3) is 3.21. The minimum absolute atomic E-state index is 0.00245. The van der Waals surface area contributed by atoms with Gasteiger partial charge in [-0.25, -0.2) is 0 Å². The maximum Gasteiger partial charge on any atom is 0.307 e. The van der Waals surface area contributed by atoms with Gasteiger partial charge in [-0.15, -0.1) is 10.2 Å². The van der Waals surface area contributed by atoms with Gasteiger partial charge in [-0.1, -0.05) is 12.1 Å². The zero-order valence-electron chi connectivity index (χ0n) is 11.7. The van der Waals surface area contributed by atoms with E-state index in [0.29, 0.717) is 12.4 Å². The molecule has 6 heteroatoms. The van der Waals surface area contributed by atoms with E-state index in [1.807, 2.05) is 6.07 Å². The number of aliphatic carboxylic acids is 1. The van der Waals surface area contributed by atoms with Gasteiger partial charge >= 0.3 is 5.97 Å². The Hall–Kier alpha value is -2.37. The van der Waals surface area contributed by atoms with Crippen LogP contribution in [0.25, 0.3) is 0 Å². The number of benzene rings is 1. The molecule has 21 heavy (non-hydrogen) atoms. The molecule has 0 saturated carbocycles. The fraction of sp³-hybridized carbons (Fsp3) is 0.400. The molecule has 2 aromatic rings. The first kappa shape index (κ1) is 13.6. The average molecular weight is 287 g/mol. The number of carboxylic acids is 1. The number of ether oxygens (including phenoxy) is 1. The van der Waals surface area contributed by atoms with Crippen molar-refractivity contribution in [3.05, 3.63) is 41.5 Å². The first-order valence-corrected chi connectivity index (χ1v) is 7.07. The van der Waals surface area contributed by atoms with Crippen LogP contribution in [0.3, 0.4) is 0 Å². The van der Waals surface area contributed by atoms with Gasteiger partial charge in [-0.05, 0) is 30.5 Å². The monoisotopic (exact) mass is 287 g/mol. The summed E-state index contributed by atoms with van der Waals surface area (Å²) in [5.41, 5.74) is 0.725. The van der Waals surface area contributed by atoms with Crippen LogP contribution in [-0.2, 0) is 30.8 Å². The Morgan fingerprint density at radius 3 is 3.10 bits per heavy atom. The zero-order chi connectivity index (χ0) is 14.7. The summed E-state index contributed by atoms with van der Waals surface area (Å²) in [5, 5.41) is 17.2. The summed E-state index contributed by atoms with van der Waals surface area (Å²) in [6.45, 7) is 1.30. The number of hydrogen-bond donors (Lipinski definition) is 1. The van der Waals surface area contributed by atoms with Crippen molar-refractivity contribution in [1.82, 2.24) is 14.8 Å². The Bertz CT molecular complexity index is 651. The Morgan fingerprint density at radius 1 is 1.33 bits per heavy atom. The lowest BCUT2D eigenvalue weighted by Gasteiger charge is -2.15. The molecule has 0 fully saturated rings. The van der Waals surface area contributed by atoms with Crippen LogP contribution in [0, 0.1) is 0 Å². The fourth-order valence-electron chi connectivity index (χ4n) is 2.54. The van der Waals surface area contributed by atoms with Crippen LogP contribution in [0.15, 0.2) is 24.3 Å². The summed E-state index contributed by atoms with van der Waals surface area (Å²) in [6, 6.07) is 7.15. The van der Waals surface area contributed by atoms with Gasteiger partial charge in [0.15, 0.2) is 5.82 Å². The first-order chi connectivity index (χ1) is 10.2. The van der Waals surface area contributed by atoms with E-state index in [0.717, 1.165) is 43.0 Å². The molecule has 1 aliphatic rings. The lowest BCUT2D eigenvalue weighted by molar-refractivity contribution is -0.136. The molecule has 110 valence electrons. The number of aryl methyl sites for hydroxylation is 1. The second kappa shape index (κ2) is 5.95. The van der Waals surface area contributed by atoms with Crippen molar-refractivity contribution in [3.8, 4) is 5.75 Å². The molecule has 1 aromatic carbocycles. The Balaban J connectivity index is 1.67. The van der Waals surface area contributed by atoms with Crippen LogP contribution in [0.2, 0.25) is 0 Å². The largest absolute Gasteiger partial charge is 0.486 e. The zero-order valence-corrected chi connectivity index (χ0v) is 11.7. The van der Waals surface area contributed by atoms with E-state index >= 15 is 0 Å². The third-order valence-electron chi connectivity index (χ3n) is 3.56. The maximum atomic E-state index is 10.7. The van der Waals surface area contributed by atoms with Gasteiger partial charge in [-0.3, -0.25) is 4.79 Å². The van der Waals surface area contributed by atoms with Gasteiger partial charge in [0.1, 0.15) is 18.2 Å². The summed E-state index contributed by atoms with van der Waals surface area (Å²) in [6.07, 6.45) is 3.28. The van der Waals surface area contributed by atoms with Crippen LogP contribution in [0.1, 0.15) is 30.1 Å². The number of rotatable bonds is 5. The number of carboxylic acid groups (broad SMARTS) is 1. The molecule has 0 amide bonds. The number of fused-ring (bicyclic) bond motifs is 1. The summed E-state index contributed by atoms with van der Waals surface area (Å²) in [5.74, 6) is 1.66. The van der Waals surface area contributed by atoms with E-state index in [2.05, 4.69) is 14.8 Å². The van der Waals surface area contributed by atoms with E-state index in [1.54, 1.807) is 18.2 Å². The highest BCUT2D eigenvalue weighted by Crippen LogP contribution is 2.18. The molecule has 6 nitrogen and oxygen atoms in total. The minimum atomic E-state index is -0.848. The lowest BCUT2D eigenvalue weighted by Crippen LogP contribution is -2.14. The van der Waals surface area contributed by atoms with Gasteiger partial charge in [0, 0.05) is 13.0 Å². The van der Waals surface area contributed by atoms with Crippen molar-refractivity contribution < 1.29 is 14.6 Å². The molecule has 2 heterocycles. The van der Waals surface area contributed by atoms with Crippen molar-refractivity contribution in [1.29, 1.82) is 0 Å². The second-order valence-corrected chi connectivity index (χ2v) is 5.15. The van der Waals surface area contributed by atoms with Gasteiger partial charge < -0.3 is 14.4 Å². The van der Waals surface area contributed by atoms with E-state index in [9.17, 15) is 4.79 Å². The fourth-order valence-corrected chi connectivity index (χ4v) is 2.54. The molecule has 0 saturated heterocycles. The molecule has 1 aromatic heterocycles. The SMILES string of the molecule is O=C(O)Cc1cccc(OCc2nnc3n2CCCC3)c1. The van der Waals surface area contributed by atoms with Crippen molar-refractivity contribution >= 4 is 5.97 Å². The van der Waals surface area contributed by atoms with Gasteiger partial charge in [-0.2, -0.15) is 0 Å². The van der Waals surface area contributed by atoms with E-state index in [4.69, 9.17) is 9.84 Å². The average Bonchev–Trinajstić information content (AvgIpc) is 2.88. The summed E-state index contributed by atoms with van der Waals surface area (Å²) >= 11 is 0. The number of nitrogens with zero attached hydrogens (tertiary/aromatic N) is 3. The molecule has 0 spiro atoms. The molecular weight excluding hydrogens is 270 g/mol. The molecule has 0 unspecified atom stereocenters. The second-order valence-electron chi connectivity index (χ2n) is 5.15. The third-order valence-corrected chi connectivity index (χ3v) is 3.56. The number of carbonyl (C=O) groups is 1. The molecule has 0 bridgehead atoms. The molecule has 1 aliphatic heterocycles. The number of hydrogen-bond acceptors (Lipinski definition) is 4. The summed E-state index contributed by atoms with van der Waals surface area (Å²) in [7, 11) is 0. The van der Waals surface area contributed by atoms with Crippen LogP contribution in [-0.4, -0.2) is 25.8 Å². The van der Waals surface area contributed by atoms with Crippen LogP contribution >= 0.6 is 0 Å². The molecule has 0 aliphatic carbocycles. The van der Waals surface area contributed by atoms with Crippen molar-refractivity contribution in [2.75, 3.05) is 0 Å². The minimum Gasteiger partial charge on any atom is -0.486 e. The van der Waals surface area contributed by atoms with Crippen LogP contribution in [0.4, 0.5) is 0 Å². The predicted molar refractivity (Wildman–Crippen MR) is 75.1 cm³/mol. The topological polar surface area (TPSA) is 77.2 Å². The lowest BCUT2D eigenvalue weighted by atomic mass is 10.1. The van der Waals surface area contributed by atoms with Crippen LogP contribution in [0.5, 0.6) is 5.75 Å². The quantitative estimate of drug-likeness (QED) is 0.907. The van der Waals surface area contributed by atoms with Crippen molar-refractivity contribution in [3.63, 3.8) is 0 Å². The molecule has 1 N–H and O–H groups in total. The molecule has 3 rings (SSSR count). The predicted octanol–water partition coefficient (Wildman–Crippen LogP) is 1.82. The van der Waals surface area contributed by atoms with Crippen LogP contribution < -0.4 is 4.74 Å². The smallest absolute Gasteiger partial charge is 0.307 e. The summed E-state index contributed by atoms with van der Waals surface area (Å²) < 4.78 is 7.84. The first-order valence-electron chi connectivity index (χ1n) is 7.07. The molecular formula is C15H17N3O3. The number of aromatic nitrogens is 3. The molecule has 0 atom stereocenters. The summed E-state index contributed by atoms with van der Waals surface area (Å²) in [4.78, 5) is 10.7. The Labute approximate surface area is 122 Å². The van der Waals surface area contributed by atoms with Crippen molar-refractivity contribution in [2.24, 2.45) is 0 Å². The highest BCUT2D eigenvalue weighted by molar-refractivity contribution is 5.70. The van der Waals surface area contributed by atoms with Gasteiger partial charge in [0.25, 0.3) is 0 Å². The maximum absolute atomic E-state index is 10.7. The Morgan fingerprint density at radius 2 is 2.24 bits per heavy atom. The Kier molecular flexibility index (Phi) is 3.85. The molecule has 0 radical (unpaired) electrons.